The molecule has 1 rings (SSSR count). The first-order chi connectivity index (χ1) is 8.29. The van der Waals surface area contributed by atoms with Crippen molar-refractivity contribution < 1.29 is 0 Å². The summed E-state index contributed by atoms with van der Waals surface area (Å²) in [5.74, 6) is 0. The highest BCUT2D eigenvalue weighted by molar-refractivity contribution is 5.36. The van der Waals surface area contributed by atoms with Crippen LogP contribution >= 0.6 is 0 Å². The quantitative estimate of drug-likeness (QED) is 0.764. The largest absolute Gasteiger partial charge is 0.312 e. The molecule has 1 N–H and O–H groups in total. The number of hydrogen-bond donors (Lipinski definition) is 1. The van der Waals surface area contributed by atoms with Crippen molar-refractivity contribution in [3.8, 4) is 0 Å². The van der Waals surface area contributed by atoms with Gasteiger partial charge in [-0.2, -0.15) is 0 Å². The summed E-state index contributed by atoms with van der Waals surface area (Å²) in [5, 5.41) is 3.54. The Morgan fingerprint density at radius 2 is 1.50 bits per heavy atom. The van der Waals surface area contributed by atoms with Crippen LogP contribution in [0.15, 0.2) is 12.1 Å². The van der Waals surface area contributed by atoms with Crippen LogP contribution in [0, 0.1) is 20.8 Å². The molecule has 102 valence electrons. The van der Waals surface area contributed by atoms with E-state index in [1.807, 2.05) is 0 Å². The summed E-state index contributed by atoms with van der Waals surface area (Å²) in [5.41, 5.74) is 6.04. The molecule has 0 amide bonds. The van der Waals surface area contributed by atoms with Gasteiger partial charge in [0, 0.05) is 5.54 Å². The number of unbranched alkanes of at least 4 members (excludes halogenated alkanes) is 1. The fourth-order valence-electron chi connectivity index (χ4n) is 2.19. The van der Waals surface area contributed by atoms with Crippen LogP contribution in [0.5, 0.6) is 0 Å². The molecule has 0 saturated heterocycles. The van der Waals surface area contributed by atoms with E-state index in [0.717, 1.165) is 6.54 Å². The average molecular weight is 247 g/mol. The standard InChI is InChI=1S/C17H29N/c1-13-11-15(3)16(12-14(13)2)9-7-8-10-18-17(4,5)6/h11-12,18H,7-10H2,1-6H3. The molecule has 18 heavy (non-hydrogen) atoms. The average Bonchev–Trinajstić information content (AvgIpc) is 2.23. The Labute approximate surface area is 113 Å². The maximum atomic E-state index is 3.54. The van der Waals surface area contributed by atoms with Gasteiger partial charge in [-0.15, -0.1) is 0 Å². The van der Waals surface area contributed by atoms with Crippen LogP contribution in [0.4, 0.5) is 0 Å². The van der Waals surface area contributed by atoms with Gasteiger partial charge in [0.1, 0.15) is 0 Å². The summed E-state index contributed by atoms with van der Waals surface area (Å²) in [7, 11) is 0. The molecule has 0 heterocycles. The first-order valence-electron chi connectivity index (χ1n) is 7.11. The van der Waals surface area contributed by atoms with E-state index in [2.05, 4.69) is 59.0 Å². The highest BCUT2D eigenvalue weighted by Gasteiger charge is 2.07. The summed E-state index contributed by atoms with van der Waals surface area (Å²) in [6.45, 7) is 14.4. The van der Waals surface area contributed by atoms with Crippen molar-refractivity contribution in [3.63, 3.8) is 0 Å². The van der Waals surface area contributed by atoms with Gasteiger partial charge in [0.25, 0.3) is 0 Å². The van der Waals surface area contributed by atoms with Gasteiger partial charge in [-0.05, 0) is 89.6 Å². The minimum Gasteiger partial charge on any atom is -0.312 e. The van der Waals surface area contributed by atoms with Crippen molar-refractivity contribution in [3.05, 3.63) is 34.4 Å². The van der Waals surface area contributed by atoms with E-state index < -0.39 is 0 Å². The van der Waals surface area contributed by atoms with Crippen LogP contribution in [-0.2, 0) is 6.42 Å². The van der Waals surface area contributed by atoms with Crippen molar-refractivity contribution >= 4 is 0 Å². The van der Waals surface area contributed by atoms with Crippen LogP contribution in [-0.4, -0.2) is 12.1 Å². The van der Waals surface area contributed by atoms with Gasteiger partial charge in [-0.25, -0.2) is 0 Å². The number of rotatable bonds is 5. The fourth-order valence-corrected chi connectivity index (χ4v) is 2.19. The Balaban J connectivity index is 2.38. The molecule has 0 fully saturated rings. The molecule has 0 radical (unpaired) electrons. The van der Waals surface area contributed by atoms with Crippen molar-refractivity contribution in [1.29, 1.82) is 0 Å². The second kappa shape index (κ2) is 6.38. The Bertz CT molecular complexity index is 385. The van der Waals surface area contributed by atoms with E-state index in [1.54, 1.807) is 0 Å². The number of aryl methyl sites for hydroxylation is 4. The van der Waals surface area contributed by atoms with Crippen molar-refractivity contribution in [2.75, 3.05) is 6.54 Å². The van der Waals surface area contributed by atoms with Crippen LogP contribution < -0.4 is 5.32 Å². The SMILES string of the molecule is Cc1cc(C)c(CCCCNC(C)(C)C)cc1C. The molecule has 0 spiro atoms. The first kappa shape index (κ1) is 15.2. The molecule has 1 heteroatoms. The second-order valence-electron chi connectivity index (χ2n) is 6.50. The molecule has 1 aromatic rings. The summed E-state index contributed by atoms with van der Waals surface area (Å²) >= 11 is 0. The third kappa shape index (κ3) is 5.22. The molecule has 0 unspecified atom stereocenters. The zero-order chi connectivity index (χ0) is 13.8. The van der Waals surface area contributed by atoms with Gasteiger partial charge in [0.15, 0.2) is 0 Å². The van der Waals surface area contributed by atoms with Gasteiger partial charge in [0.05, 0.1) is 0 Å². The van der Waals surface area contributed by atoms with Gasteiger partial charge in [-0.1, -0.05) is 12.1 Å². The van der Waals surface area contributed by atoms with Gasteiger partial charge < -0.3 is 5.32 Å². The molecule has 0 bridgehead atoms. The lowest BCUT2D eigenvalue weighted by Crippen LogP contribution is -2.36. The Hall–Kier alpha value is -0.820. The second-order valence-corrected chi connectivity index (χ2v) is 6.50. The number of benzene rings is 1. The van der Waals surface area contributed by atoms with Gasteiger partial charge >= 0.3 is 0 Å². The molecule has 1 aromatic carbocycles. The normalized spacial score (nSPS) is 11.9. The van der Waals surface area contributed by atoms with E-state index in [9.17, 15) is 0 Å². The summed E-state index contributed by atoms with van der Waals surface area (Å²) in [4.78, 5) is 0. The molecular weight excluding hydrogens is 218 g/mol. The maximum Gasteiger partial charge on any atom is 0.00965 e. The minimum absolute atomic E-state index is 0.246. The zero-order valence-electron chi connectivity index (χ0n) is 13.0. The van der Waals surface area contributed by atoms with Crippen LogP contribution in [0.3, 0.4) is 0 Å². The van der Waals surface area contributed by atoms with E-state index in [1.165, 1.54) is 41.5 Å². The molecule has 0 aliphatic carbocycles. The molecule has 0 aliphatic heterocycles. The molecule has 1 nitrogen and oxygen atoms in total. The third-order valence-electron chi connectivity index (χ3n) is 3.48. The molecule has 0 saturated carbocycles. The maximum absolute atomic E-state index is 3.54. The minimum atomic E-state index is 0.246. The van der Waals surface area contributed by atoms with Crippen molar-refractivity contribution in [1.82, 2.24) is 5.32 Å². The van der Waals surface area contributed by atoms with Crippen LogP contribution in [0.2, 0.25) is 0 Å². The highest BCUT2D eigenvalue weighted by Crippen LogP contribution is 2.17. The van der Waals surface area contributed by atoms with E-state index >= 15 is 0 Å². The van der Waals surface area contributed by atoms with Crippen molar-refractivity contribution in [2.24, 2.45) is 0 Å². The number of hydrogen-bond acceptors (Lipinski definition) is 1. The summed E-state index contributed by atoms with van der Waals surface area (Å²) in [6, 6.07) is 4.68. The lowest BCUT2D eigenvalue weighted by atomic mass is 9.97. The Morgan fingerprint density at radius 3 is 2.11 bits per heavy atom. The smallest absolute Gasteiger partial charge is 0.00965 e. The summed E-state index contributed by atoms with van der Waals surface area (Å²) in [6.07, 6.45) is 3.73. The highest BCUT2D eigenvalue weighted by atomic mass is 14.9. The molecular formula is C17H29N. The predicted octanol–water partition coefficient (Wildman–Crippen LogP) is 4.32. The Kier molecular flexibility index (Phi) is 5.40. The molecule has 0 atom stereocenters. The lowest BCUT2D eigenvalue weighted by Gasteiger charge is -2.20. The third-order valence-corrected chi connectivity index (χ3v) is 3.48. The predicted molar refractivity (Wildman–Crippen MR) is 81.3 cm³/mol. The van der Waals surface area contributed by atoms with E-state index in [4.69, 9.17) is 0 Å². The lowest BCUT2D eigenvalue weighted by molar-refractivity contribution is 0.419. The monoisotopic (exact) mass is 247 g/mol. The van der Waals surface area contributed by atoms with E-state index in [-0.39, 0.29) is 5.54 Å². The summed E-state index contributed by atoms with van der Waals surface area (Å²) < 4.78 is 0. The van der Waals surface area contributed by atoms with Crippen LogP contribution in [0.25, 0.3) is 0 Å². The number of nitrogens with one attached hydrogen (secondary N) is 1. The fraction of sp³-hybridized carbons (Fsp3) is 0.647. The Morgan fingerprint density at radius 1 is 0.889 bits per heavy atom. The van der Waals surface area contributed by atoms with Gasteiger partial charge in [-0.3, -0.25) is 0 Å². The zero-order valence-corrected chi connectivity index (χ0v) is 13.0. The van der Waals surface area contributed by atoms with Crippen molar-refractivity contribution in [2.45, 2.75) is 66.3 Å². The topological polar surface area (TPSA) is 12.0 Å². The molecule has 0 aliphatic rings. The molecule has 0 aromatic heterocycles. The van der Waals surface area contributed by atoms with E-state index in [0.29, 0.717) is 0 Å². The van der Waals surface area contributed by atoms with Gasteiger partial charge in [0.2, 0.25) is 0 Å². The van der Waals surface area contributed by atoms with Crippen LogP contribution in [0.1, 0.15) is 55.9 Å². The first-order valence-corrected chi connectivity index (χ1v) is 7.11.